The fourth-order valence-electron chi connectivity index (χ4n) is 2.62. The minimum Gasteiger partial charge on any atom is -0.276 e. The van der Waals surface area contributed by atoms with Gasteiger partial charge in [0.2, 0.25) is 10.0 Å². The summed E-state index contributed by atoms with van der Waals surface area (Å²) in [5.74, 6) is 0. The maximum absolute atomic E-state index is 11.8. The second-order valence-corrected chi connectivity index (χ2v) is 6.88. The van der Waals surface area contributed by atoms with E-state index in [4.69, 9.17) is 0 Å². The highest BCUT2D eigenvalue weighted by atomic mass is 32.2. The van der Waals surface area contributed by atoms with Crippen LogP contribution in [0.1, 0.15) is 24.6 Å². The van der Waals surface area contributed by atoms with E-state index in [0.717, 1.165) is 29.9 Å². The van der Waals surface area contributed by atoms with Crippen molar-refractivity contribution < 1.29 is 8.42 Å². The molecule has 1 unspecified atom stereocenters. The average molecular weight is 292 g/mol. The number of pyridine rings is 1. The van der Waals surface area contributed by atoms with Crippen LogP contribution in [0.25, 0.3) is 11.4 Å². The van der Waals surface area contributed by atoms with E-state index in [1.165, 1.54) is 10.6 Å². The number of hydrogen-bond acceptors (Lipinski definition) is 4. The molecule has 3 heterocycles. The lowest BCUT2D eigenvalue weighted by Crippen LogP contribution is -2.29. The standard InChI is InChI=1S/C13H16N4O2S/c1-20(18,19)17-9-3-6-13(17)12-5-2-4-10(15-12)11-7-8-14-16-11/h2,4-5,7-8,13H,3,6,9H2,1H3,(H,14,16). The number of H-pyrrole nitrogens is 1. The van der Waals surface area contributed by atoms with Crippen LogP contribution in [0.3, 0.4) is 0 Å². The molecule has 0 aromatic carbocycles. The SMILES string of the molecule is CS(=O)(=O)N1CCCC1c1cccc(-c2ccn[nH]2)n1. The Morgan fingerprint density at radius 1 is 1.35 bits per heavy atom. The summed E-state index contributed by atoms with van der Waals surface area (Å²) in [6.45, 7) is 0.569. The summed E-state index contributed by atoms with van der Waals surface area (Å²) < 4.78 is 25.2. The van der Waals surface area contributed by atoms with Crippen LogP contribution in [0, 0.1) is 0 Å². The normalized spacial score (nSPS) is 20.4. The van der Waals surface area contributed by atoms with Crippen molar-refractivity contribution in [1.82, 2.24) is 19.5 Å². The second kappa shape index (κ2) is 4.99. The Morgan fingerprint density at radius 2 is 2.20 bits per heavy atom. The molecule has 0 bridgehead atoms. The van der Waals surface area contributed by atoms with Gasteiger partial charge in [0.15, 0.2) is 0 Å². The molecule has 1 aliphatic rings. The van der Waals surface area contributed by atoms with Crippen LogP contribution in [-0.2, 0) is 10.0 Å². The van der Waals surface area contributed by atoms with Gasteiger partial charge in [0.05, 0.1) is 29.4 Å². The fraction of sp³-hybridized carbons (Fsp3) is 0.385. The number of hydrogen-bond donors (Lipinski definition) is 1. The molecule has 20 heavy (non-hydrogen) atoms. The lowest BCUT2D eigenvalue weighted by atomic mass is 10.1. The average Bonchev–Trinajstić information content (AvgIpc) is 3.10. The van der Waals surface area contributed by atoms with E-state index in [9.17, 15) is 8.42 Å². The Hall–Kier alpha value is -1.73. The minimum absolute atomic E-state index is 0.159. The van der Waals surface area contributed by atoms with Crippen LogP contribution in [0.4, 0.5) is 0 Å². The van der Waals surface area contributed by atoms with E-state index in [1.807, 2.05) is 24.3 Å². The van der Waals surface area contributed by atoms with Crippen molar-refractivity contribution in [1.29, 1.82) is 0 Å². The summed E-state index contributed by atoms with van der Waals surface area (Å²) in [5, 5.41) is 6.78. The molecule has 2 aromatic heterocycles. The first-order chi connectivity index (χ1) is 9.55. The molecular weight excluding hydrogens is 276 g/mol. The highest BCUT2D eigenvalue weighted by Gasteiger charge is 2.33. The molecule has 6 nitrogen and oxygen atoms in total. The van der Waals surface area contributed by atoms with Crippen molar-refractivity contribution >= 4 is 10.0 Å². The molecule has 106 valence electrons. The molecule has 7 heteroatoms. The Balaban J connectivity index is 1.97. The van der Waals surface area contributed by atoms with Crippen LogP contribution >= 0.6 is 0 Å². The van der Waals surface area contributed by atoms with Crippen LogP contribution < -0.4 is 0 Å². The van der Waals surface area contributed by atoms with Gasteiger partial charge in [0.25, 0.3) is 0 Å². The highest BCUT2D eigenvalue weighted by molar-refractivity contribution is 7.88. The van der Waals surface area contributed by atoms with Gasteiger partial charge in [0.1, 0.15) is 0 Å². The Bertz CT molecular complexity index is 697. The zero-order chi connectivity index (χ0) is 14.2. The van der Waals surface area contributed by atoms with E-state index >= 15 is 0 Å². The number of aromatic amines is 1. The molecule has 0 amide bonds. The molecule has 1 fully saturated rings. The van der Waals surface area contributed by atoms with Crippen LogP contribution in [0.15, 0.2) is 30.5 Å². The number of aromatic nitrogens is 3. The van der Waals surface area contributed by atoms with Crippen molar-refractivity contribution in [3.05, 3.63) is 36.2 Å². The Labute approximate surface area is 117 Å². The summed E-state index contributed by atoms with van der Waals surface area (Å²) in [5.41, 5.74) is 2.40. The molecule has 0 aliphatic carbocycles. The van der Waals surface area contributed by atoms with E-state index in [0.29, 0.717) is 6.54 Å². The molecule has 1 saturated heterocycles. The van der Waals surface area contributed by atoms with Gasteiger partial charge in [-0.3, -0.25) is 5.10 Å². The summed E-state index contributed by atoms with van der Waals surface area (Å²) in [7, 11) is -3.19. The molecule has 1 atom stereocenters. The Kier molecular flexibility index (Phi) is 3.31. The summed E-state index contributed by atoms with van der Waals surface area (Å²) in [6, 6.07) is 7.35. The van der Waals surface area contributed by atoms with Gasteiger partial charge in [-0.05, 0) is 31.0 Å². The van der Waals surface area contributed by atoms with E-state index < -0.39 is 10.0 Å². The predicted octanol–water partition coefficient (Wildman–Crippen LogP) is 1.57. The molecule has 0 radical (unpaired) electrons. The zero-order valence-corrected chi connectivity index (χ0v) is 12.0. The lowest BCUT2D eigenvalue weighted by Gasteiger charge is -2.21. The molecular formula is C13H16N4O2S. The van der Waals surface area contributed by atoms with Crippen molar-refractivity contribution in [3.8, 4) is 11.4 Å². The first kappa shape index (κ1) is 13.3. The smallest absolute Gasteiger partial charge is 0.211 e. The quantitative estimate of drug-likeness (QED) is 0.931. The first-order valence-corrected chi connectivity index (χ1v) is 8.34. The predicted molar refractivity (Wildman–Crippen MR) is 75.3 cm³/mol. The van der Waals surface area contributed by atoms with Crippen LogP contribution in [0.5, 0.6) is 0 Å². The summed E-state index contributed by atoms with van der Waals surface area (Å²) >= 11 is 0. The van der Waals surface area contributed by atoms with Gasteiger partial charge in [-0.25, -0.2) is 13.4 Å². The maximum Gasteiger partial charge on any atom is 0.211 e. The number of nitrogens with one attached hydrogen (secondary N) is 1. The zero-order valence-electron chi connectivity index (χ0n) is 11.2. The van der Waals surface area contributed by atoms with Crippen molar-refractivity contribution in [2.24, 2.45) is 0 Å². The summed E-state index contributed by atoms with van der Waals surface area (Å²) in [6.07, 6.45) is 4.60. The van der Waals surface area contributed by atoms with Crippen molar-refractivity contribution in [2.45, 2.75) is 18.9 Å². The van der Waals surface area contributed by atoms with Crippen molar-refractivity contribution in [3.63, 3.8) is 0 Å². The highest BCUT2D eigenvalue weighted by Crippen LogP contribution is 2.33. The number of rotatable bonds is 3. The molecule has 0 spiro atoms. The molecule has 3 rings (SSSR count). The molecule has 0 saturated carbocycles. The summed E-state index contributed by atoms with van der Waals surface area (Å²) in [4.78, 5) is 4.58. The Morgan fingerprint density at radius 3 is 2.90 bits per heavy atom. The molecule has 1 N–H and O–H groups in total. The fourth-order valence-corrected chi connectivity index (χ4v) is 3.75. The van der Waals surface area contributed by atoms with Crippen LogP contribution in [0.2, 0.25) is 0 Å². The van der Waals surface area contributed by atoms with E-state index in [2.05, 4.69) is 15.2 Å². The van der Waals surface area contributed by atoms with Crippen LogP contribution in [-0.4, -0.2) is 40.7 Å². The molecule has 2 aromatic rings. The largest absolute Gasteiger partial charge is 0.276 e. The minimum atomic E-state index is -3.19. The van der Waals surface area contributed by atoms with Gasteiger partial charge in [-0.15, -0.1) is 0 Å². The third-order valence-corrected chi connectivity index (χ3v) is 4.81. The van der Waals surface area contributed by atoms with E-state index in [1.54, 1.807) is 6.20 Å². The number of nitrogens with zero attached hydrogens (tertiary/aromatic N) is 3. The van der Waals surface area contributed by atoms with Gasteiger partial charge < -0.3 is 0 Å². The third-order valence-electron chi connectivity index (χ3n) is 3.52. The van der Waals surface area contributed by atoms with Gasteiger partial charge >= 0.3 is 0 Å². The topological polar surface area (TPSA) is 79.0 Å². The maximum atomic E-state index is 11.8. The molecule has 1 aliphatic heterocycles. The van der Waals surface area contributed by atoms with Gasteiger partial charge in [0, 0.05) is 12.7 Å². The van der Waals surface area contributed by atoms with Gasteiger partial charge in [-0.1, -0.05) is 6.07 Å². The van der Waals surface area contributed by atoms with Crippen molar-refractivity contribution in [2.75, 3.05) is 12.8 Å². The van der Waals surface area contributed by atoms with Gasteiger partial charge in [-0.2, -0.15) is 9.40 Å². The lowest BCUT2D eigenvalue weighted by molar-refractivity contribution is 0.394. The van der Waals surface area contributed by atoms with E-state index in [-0.39, 0.29) is 6.04 Å². The first-order valence-electron chi connectivity index (χ1n) is 6.49. The second-order valence-electron chi connectivity index (χ2n) is 4.95. The number of sulfonamides is 1. The monoisotopic (exact) mass is 292 g/mol. The third kappa shape index (κ3) is 2.46.